The summed E-state index contributed by atoms with van der Waals surface area (Å²) in [5.74, 6) is 0. The van der Waals surface area contributed by atoms with Crippen LogP contribution in [0.25, 0.3) is 10.9 Å². The van der Waals surface area contributed by atoms with E-state index >= 15 is 0 Å². The zero-order valence-corrected chi connectivity index (χ0v) is 19.8. The fourth-order valence-corrected chi connectivity index (χ4v) is 4.74. The maximum absolute atomic E-state index is 14.5. The molecule has 0 spiro atoms. The first-order valence-corrected chi connectivity index (χ1v) is 11.8. The van der Waals surface area contributed by atoms with Gasteiger partial charge in [-0.1, -0.05) is 50.2 Å². The fourth-order valence-electron chi connectivity index (χ4n) is 4.74. The fraction of sp³-hybridized carbons (Fsp3) is 0.444. The number of aliphatic hydroxyl groups is 1. The lowest BCUT2D eigenvalue weighted by molar-refractivity contribution is -0.272. The molecular weight excluding hydrogens is 459 g/mol. The minimum Gasteiger partial charge on any atom is -0.379 e. The molecule has 0 bridgehead atoms. The van der Waals surface area contributed by atoms with Crippen molar-refractivity contribution in [3.05, 3.63) is 82.1 Å². The molecule has 2 unspecified atom stereocenters. The molecule has 0 amide bonds. The third-order valence-electron chi connectivity index (χ3n) is 6.99. The van der Waals surface area contributed by atoms with Crippen molar-refractivity contribution >= 4 is 10.9 Å². The summed E-state index contributed by atoms with van der Waals surface area (Å²) in [4.78, 5) is 12.2. The number of hydrogen-bond donors (Lipinski definition) is 1. The van der Waals surface area contributed by atoms with Crippen molar-refractivity contribution in [3.8, 4) is 0 Å². The quantitative estimate of drug-likeness (QED) is 0.477. The number of ether oxygens (including phenoxy) is 2. The predicted octanol–water partition coefficient (Wildman–Crippen LogP) is 5.49. The van der Waals surface area contributed by atoms with Gasteiger partial charge in [0, 0.05) is 23.2 Å². The Hall–Kier alpha value is -2.68. The molecule has 1 fully saturated rings. The molecule has 1 aliphatic rings. The summed E-state index contributed by atoms with van der Waals surface area (Å²) in [6.45, 7) is 3.92. The largest absolute Gasteiger partial charge is 0.418 e. The van der Waals surface area contributed by atoms with Crippen molar-refractivity contribution in [3.63, 3.8) is 0 Å². The lowest BCUT2D eigenvalue weighted by Crippen LogP contribution is -2.52. The van der Waals surface area contributed by atoms with Crippen LogP contribution in [0.15, 0.2) is 65.6 Å². The van der Waals surface area contributed by atoms with Crippen LogP contribution in [-0.4, -0.2) is 34.7 Å². The second-order valence-corrected chi connectivity index (χ2v) is 9.50. The van der Waals surface area contributed by atoms with Gasteiger partial charge >= 0.3 is 6.18 Å². The highest BCUT2D eigenvalue weighted by atomic mass is 19.4. The Kier molecular flexibility index (Phi) is 7.09. The van der Waals surface area contributed by atoms with Crippen molar-refractivity contribution in [2.24, 2.45) is 0 Å². The van der Waals surface area contributed by atoms with Gasteiger partial charge in [-0.3, -0.25) is 4.79 Å². The summed E-state index contributed by atoms with van der Waals surface area (Å²) in [7, 11) is 0. The summed E-state index contributed by atoms with van der Waals surface area (Å²) in [6, 6.07) is 14.9. The molecule has 0 saturated carbocycles. The zero-order chi connectivity index (χ0) is 25.3. The third-order valence-corrected chi connectivity index (χ3v) is 6.99. The van der Waals surface area contributed by atoms with Crippen molar-refractivity contribution < 1.29 is 27.8 Å². The van der Waals surface area contributed by atoms with Gasteiger partial charge in [0.05, 0.1) is 25.3 Å². The molecule has 35 heavy (non-hydrogen) atoms. The van der Waals surface area contributed by atoms with E-state index in [0.29, 0.717) is 36.1 Å². The van der Waals surface area contributed by atoms with Crippen LogP contribution in [0.4, 0.5) is 13.2 Å². The van der Waals surface area contributed by atoms with E-state index in [4.69, 9.17) is 9.47 Å². The topological polar surface area (TPSA) is 60.7 Å². The average Bonchev–Trinajstić information content (AvgIpc) is 2.86. The highest BCUT2D eigenvalue weighted by Gasteiger charge is 2.56. The molecular formula is C27H30F3NO4. The highest BCUT2D eigenvalue weighted by Crippen LogP contribution is 2.44. The van der Waals surface area contributed by atoms with Gasteiger partial charge in [-0.2, -0.15) is 13.2 Å². The molecule has 0 aliphatic carbocycles. The van der Waals surface area contributed by atoms with Gasteiger partial charge in [-0.05, 0) is 42.4 Å². The molecule has 2 aromatic carbocycles. The van der Waals surface area contributed by atoms with Crippen LogP contribution in [0.1, 0.15) is 50.5 Å². The molecule has 0 radical (unpaired) electrons. The van der Waals surface area contributed by atoms with Gasteiger partial charge in [0.15, 0.2) is 17.3 Å². The van der Waals surface area contributed by atoms with Gasteiger partial charge in [0.25, 0.3) is 0 Å². The van der Waals surface area contributed by atoms with Crippen LogP contribution in [0, 0.1) is 0 Å². The predicted molar refractivity (Wildman–Crippen MR) is 127 cm³/mol. The molecule has 5 nitrogen and oxygen atoms in total. The number of alkyl halides is 3. The summed E-state index contributed by atoms with van der Waals surface area (Å²) < 4.78 is 56.0. The Morgan fingerprint density at radius 1 is 1.06 bits per heavy atom. The summed E-state index contributed by atoms with van der Waals surface area (Å²) in [6.07, 6.45) is -3.55. The second kappa shape index (κ2) is 9.76. The summed E-state index contributed by atoms with van der Waals surface area (Å²) in [5, 5.41) is 11.5. The first kappa shape index (κ1) is 25.4. The van der Waals surface area contributed by atoms with E-state index in [2.05, 4.69) is 0 Å². The van der Waals surface area contributed by atoms with Crippen molar-refractivity contribution in [2.75, 3.05) is 13.2 Å². The first-order chi connectivity index (χ1) is 16.6. The van der Waals surface area contributed by atoms with Crippen LogP contribution in [0.3, 0.4) is 0 Å². The van der Waals surface area contributed by atoms with Gasteiger partial charge in [-0.15, -0.1) is 0 Å². The van der Waals surface area contributed by atoms with E-state index in [9.17, 15) is 23.1 Å². The lowest BCUT2D eigenvalue weighted by Gasteiger charge is -2.40. The Labute approximate surface area is 202 Å². The normalized spacial score (nSPS) is 18.8. The Morgan fingerprint density at radius 2 is 1.77 bits per heavy atom. The van der Waals surface area contributed by atoms with Gasteiger partial charge in [0.1, 0.15) is 0 Å². The maximum Gasteiger partial charge on any atom is 0.418 e. The molecule has 1 saturated heterocycles. The number of rotatable bonds is 7. The smallest absolute Gasteiger partial charge is 0.379 e. The molecule has 3 aromatic rings. The number of fused-ring (bicyclic) bond motifs is 1. The monoisotopic (exact) mass is 489 g/mol. The number of pyridine rings is 1. The summed E-state index contributed by atoms with van der Waals surface area (Å²) in [5.41, 5.74) is -2.57. The van der Waals surface area contributed by atoms with Crippen molar-refractivity contribution in [1.29, 1.82) is 0 Å². The Morgan fingerprint density at radius 3 is 2.46 bits per heavy atom. The number of para-hydroxylation sites is 1. The van der Waals surface area contributed by atoms with E-state index < -0.39 is 36.4 Å². The molecule has 8 heteroatoms. The Bertz CT molecular complexity index is 1230. The van der Waals surface area contributed by atoms with E-state index in [1.165, 1.54) is 16.8 Å². The number of aromatic nitrogens is 1. The van der Waals surface area contributed by atoms with E-state index in [1.54, 1.807) is 43.3 Å². The average molecular weight is 490 g/mol. The standard InChI is InChI=1S/C27H30F3NO4/c1-3-25(2,20-9-6-8-19(16-20)24-34-14-7-15-35-24)17-26(33,27(28,29)30)18-31-13-12-23(32)21-10-4-5-11-22(21)31/h4-6,8-13,16,24,33H,3,7,14-15,17-18H2,1-2H3. The van der Waals surface area contributed by atoms with Crippen LogP contribution in [0.2, 0.25) is 0 Å². The zero-order valence-electron chi connectivity index (χ0n) is 19.8. The molecule has 1 aliphatic heterocycles. The molecule has 2 heterocycles. The number of benzene rings is 2. The number of hydrogen-bond acceptors (Lipinski definition) is 4. The molecule has 1 N–H and O–H groups in total. The first-order valence-electron chi connectivity index (χ1n) is 11.8. The van der Waals surface area contributed by atoms with Crippen molar-refractivity contribution in [1.82, 2.24) is 4.57 Å². The van der Waals surface area contributed by atoms with Gasteiger partial charge < -0.3 is 19.1 Å². The van der Waals surface area contributed by atoms with Crippen LogP contribution < -0.4 is 5.43 Å². The Balaban J connectivity index is 1.71. The van der Waals surface area contributed by atoms with Crippen LogP contribution in [0.5, 0.6) is 0 Å². The van der Waals surface area contributed by atoms with Crippen LogP contribution >= 0.6 is 0 Å². The number of halogens is 3. The second-order valence-electron chi connectivity index (χ2n) is 9.50. The number of nitrogens with zero attached hydrogens (tertiary/aromatic N) is 1. The minimum atomic E-state index is -4.90. The third kappa shape index (κ3) is 5.15. The van der Waals surface area contributed by atoms with Crippen LogP contribution in [-0.2, 0) is 21.4 Å². The van der Waals surface area contributed by atoms with E-state index in [-0.39, 0.29) is 5.43 Å². The van der Waals surface area contributed by atoms with Crippen molar-refractivity contribution in [2.45, 2.75) is 63.1 Å². The molecule has 188 valence electrons. The molecule has 1 aromatic heterocycles. The van der Waals surface area contributed by atoms with E-state index in [0.717, 1.165) is 12.0 Å². The minimum absolute atomic E-state index is 0.283. The highest BCUT2D eigenvalue weighted by molar-refractivity contribution is 5.78. The van der Waals surface area contributed by atoms with Gasteiger partial charge in [-0.25, -0.2) is 0 Å². The molecule has 4 rings (SSSR count). The maximum atomic E-state index is 14.5. The van der Waals surface area contributed by atoms with E-state index in [1.807, 2.05) is 19.1 Å². The SMILES string of the molecule is CCC(C)(CC(O)(Cn1ccc(=O)c2ccccc21)C(F)(F)F)c1cccc(C2OCCCO2)c1. The summed E-state index contributed by atoms with van der Waals surface area (Å²) >= 11 is 0. The molecule has 2 atom stereocenters. The lowest BCUT2D eigenvalue weighted by atomic mass is 9.71. The van der Waals surface area contributed by atoms with Gasteiger partial charge in [0.2, 0.25) is 0 Å².